The summed E-state index contributed by atoms with van der Waals surface area (Å²) >= 11 is 6.80. The summed E-state index contributed by atoms with van der Waals surface area (Å²) in [4.78, 5) is 13.3. The maximum Gasteiger partial charge on any atom is 0.257 e. The van der Waals surface area contributed by atoms with Gasteiger partial charge in [-0.25, -0.2) is 0 Å². The summed E-state index contributed by atoms with van der Waals surface area (Å²) in [5, 5.41) is 8.05. The number of amides is 1. The molecule has 0 unspecified atom stereocenters. The van der Waals surface area contributed by atoms with E-state index in [0.29, 0.717) is 23.8 Å². The van der Waals surface area contributed by atoms with Crippen molar-refractivity contribution >= 4 is 34.6 Å². The topological polar surface area (TPSA) is 50.4 Å². The molecule has 0 atom stereocenters. The Hall–Kier alpha value is -1.92. The van der Waals surface area contributed by atoms with Crippen LogP contribution in [0.25, 0.3) is 0 Å². The van der Waals surface area contributed by atoms with Crippen molar-refractivity contribution in [2.75, 3.05) is 6.61 Å². The first-order valence-electron chi connectivity index (χ1n) is 8.53. The van der Waals surface area contributed by atoms with E-state index in [1.54, 1.807) is 23.5 Å². The second-order valence-corrected chi connectivity index (χ2v) is 7.09. The molecule has 0 spiro atoms. The van der Waals surface area contributed by atoms with Gasteiger partial charge in [-0.15, -0.1) is 11.3 Å². The lowest BCUT2D eigenvalue weighted by Crippen LogP contribution is -2.38. The van der Waals surface area contributed by atoms with Crippen molar-refractivity contribution < 1.29 is 9.53 Å². The molecule has 0 radical (unpaired) electrons. The highest BCUT2D eigenvalue weighted by Gasteiger charge is 2.08. The molecule has 0 aliphatic rings. The number of carbonyl (C=O) groups excluding carboxylic acids is 1. The average Bonchev–Trinajstić information content (AvgIpc) is 3.14. The highest BCUT2D eigenvalue weighted by atomic mass is 32.1. The molecule has 0 saturated heterocycles. The molecule has 134 valence electrons. The molecule has 4 nitrogen and oxygen atoms in total. The maximum atomic E-state index is 12.2. The summed E-state index contributed by atoms with van der Waals surface area (Å²) in [6.45, 7) is 3.51. The van der Waals surface area contributed by atoms with Crippen LogP contribution in [0.15, 0.2) is 41.8 Å². The van der Waals surface area contributed by atoms with E-state index in [1.165, 1.54) is 19.3 Å². The fraction of sp³-hybridized carbons (Fsp3) is 0.368. The third kappa shape index (κ3) is 7.23. The predicted molar refractivity (Wildman–Crippen MR) is 107 cm³/mol. The zero-order valence-electron chi connectivity index (χ0n) is 14.4. The molecular formula is C19H24N2O2S2. The highest BCUT2D eigenvalue weighted by molar-refractivity contribution is 7.80. The first kappa shape index (κ1) is 19.4. The van der Waals surface area contributed by atoms with E-state index in [0.717, 1.165) is 17.0 Å². The third-order valence-corrected chi connectivity index (χ3v) is 4.74. The van der Waals surface area contributed by atoms with Crippen LogP contribution in [0.4, 0.5) is 0 Å². The molecule has 0 fully saturated rings. The molecule has 1 heterocycles. The monoisotopic (exact) mass is 376 g/mol. The van der Waals surface area contributed by atoms with E-state index in [2.05, 4.69) is 17.6 Å². The van der Waals surface area contributed by atoms with Crippen molar-refractivity contribution in [1.82, 2.24) is 10.6 Å². The number of unbranched alkanes of at least 4 members (excludes halogenated alkanes) is 3. The number of benzene rings is 1. The largest absolute Gasteiger partial charge is 0.494 e. The van der Waals surface area contributed by atoms with Crippen LogP contribution in [0.5, 0.6) is 5.75 Å². The minimum atomic E-state index is -0.224. The molecule has 0 saturated carbocycles. The first-order valence-corrected chi connectivity index (χ1v) is 9.82. The van der Waals surface area contributed by atoms with Gasteiger partial charge in [-0.1, -0.05) is 32.3 Å². The standard InChI is InChI=1S/C19H24N2O2S2/c1-2-3-4-5-12-23-16-10-8-15(9-11-16)18(22)21-19(24)20-14-17-7-6-13-25-17/h6-11,13H,2-5,12,14H2,1H3,(H2,20,21,22,24). The van der Waals surface area contributed by atoms with Crippen molar-refractivity contribution in [3.63, 3.8) is 0 Å². The minimum Gasteiger partial charge on any atom is -0.494 e. The number of ether oxygens (including phenoxy) is 1. The summed E-state index contributed by atoms with van der Waals surface area (Å²) in [6, 6.07) is 11.1. The van der Waals surface area contributed by atoms with Crippen LogP contribution in [-0.4, -0.2) is 17.6 Å². The molecule has 2 aromatic rings. The Morgan fingerprint density at radius 2 is 1.96 bits per heavy atom. The van der Waals surface area contributed by atoms with Crippen LogP contribution >= 0.6 is 23.6 Å². The van der Waals surface area contributed by atoms with Gasteiger partial charge in [0.15, 0.2) is 5.11 Å². The van der Waals surface area contributed by atoms with Crippen molar-refractivity contribution in [1.29, 1.82) is 0 Å². The molecule has 0 bridgehead atoms. The Labute approximate surface area is 158 Å². The molecule has 0 aliphatic heterocycles. The lowest BCUT2D eigenvalue weighted by Gasteiger charge is -2.10. The summed E-state index contributed by atoms with van der Waals surface area (Å²) in [5.41, 5.74) is 0.554. The summed E-state index contributed by atoms with van der Waals surface area (Å²) in [6.07, 6.45) is 4.70. The molecule has 25 heavy (non-hydrogen) atoms. The van der Waals surface area contributed by atoms with Gasteiger partial charge in [0.1, 0.15) is 5.75 Å². The minimum absolute atomic E-state index is 0.224. The SMILES string of the molecule is CCCCCCOc1ccc(C(=O)NC(=S)NCc2cccs2)cc1. The first-order chi connectivity index (χ1) is 12.2. The van der Waals surface area contributed by atoms with E-state index in [9.17, 15) is 4.79 Å². The molecule has 1 aromatic heterocycles. The van der Waals surface area contributed by atoms with Crippen LogP contribution in [0, 0.1) is 0 Å². The zero-order chi connectivity index (χ0) is 17.9. The average molecular weight is 377 g/mol. The maximum absolute atomic E-state index is 12.2. The quantitative estimate of drug-likeness (QED) is 0.499. The Bertz CT molecular complexity index is 655. The normalized spacial score (nSPS) is 10.3. The van der Waals surface area contributed by atoms with Gasteiger partial charge in [0.25, 0.3) is 5.91 Å². The summed E-state index contributed by atoms with van der Waals surface area (Å²) in [5.74, 6) is 0.560. The van der Waals surface area contributed by atoms with Crippen LogP contribution < -0.4 is 15.4 Å². The van der Waals surface area contributed by atoms with Crippen LogP contribution in [-0.2, 0) is 6.54 Å². The Kier molecular flexibility index (Phi) is 8.42. The van der Waals surface area contributed by atoms with Gasteiger partial charge in [-0.3, -0.25) is 10.1 Å². The fourth-order valence-corrected chi connectivity index (χ4v) is 3.03. The Balaban J connectivity index is 1.72. The number of rotatable bonds is 9. The van der Waals surface area contributed by atoms with Gasteiger partial charge in [-0.2, -0.15) is 0 Å². The molecular weight excluding hydrogens is 352 g/mol. The van der Waals surface area contributed by atoms with Crippen LogP contribution in [0.3, 0.4) is 0 Å². The van der Waals surface area contributed by atoms with E-state index in [-0.39, 0.29) is 5.91 Å². The Morgan fingerprint density at radius 1 is 1.16 bits per heavy atom. The second kappa shape index (κ2) is 10.8. The lowest BCUT2D eigenvalue weighted by molar-refractivity contribution is 0.0976. The zero-order valence-corrected chi connectivity index (χ0v) is 16.1. The number of thiophene rings is 1. The number of hydrogen-bond donors (Lipinski definition) is 2. The van der Waals surface area contributed by atoms with Crippen molar-refractivity contribution in [3.8, 4) is 5.75 Å². The Morgan fingerprint density at radius 3 is 2.64 bits per heavy atom. The number of hydrogen-bond acceptors (Lipinski definition) is 4. The molecule has 2 N–H and O–H groups in total. The molecule has 1 aromatic carbocycles. The number of carbonyl (C=O) groups is 1. The molecule has 0 aliphatic carbocycles. The van der Waals surface area contributed by atoms with Gasteiger partial charge in [0.05, 0.1) is 13.2 Å². The van der Waals surface area contributed by atoms with Gasteiger partial charge in [-0.05, 0) is 54.4 Å². The second-order valence-electron chi connectivity index (χ2n) is 5.65. The summed E-state index contributed by atoms with van der Waals surface area (Å²) in [7, 11) is 0. The third-order valence-electron chi connectivity index (χ3n) is 3.61. The number of nitrogens with one attached hydrogen (secondary N) is 2. The van der Waals surface area contributed by atoms with Gasteiger partial charge >= 0.3 is 0 Å². The molecule has 1 amide bonds. The van der Waals surface area contributed by atoms with E-state index in [1.807, 2.05) is 29.6 Å². The van der Waals surface area contributed by atoms with E-state index < -0.39 is 0 Å². The smallest absolute Gasteiger partial charge is 0.257 e. The number of thiocarbonyl (C=S) groups is 1. The van der Waals surface area contributed by atoms with Crippen molar-refractivity contribution in [2.45, 2.75) is 39.2 Å². The van der Waals surface area contributed by atoms with E-state index >= 15 is 0 Å². The van der Waals surface area contributed by atoms with Gasteiger partial charge < -0.3 is 10.1 Å². The van der Waals surface area contributed by atoms with Gasteiger partial charge in [0.2, 0.25) is 0 Å². The van der Waals surface area contributed by atoms with Crippen molar-refractivity contribution in [3.05, 3.63) is 52.2 Å². The van der Waals surface area contributed by atoms with E-state index in [4.69, 9.17) is 17.0 Å². The van der Waals surface area contributed by atoms with Crippen molar-refractivity contribution in [2.24, 2.45) is 0 Å². The fourth-order valence-electron chi connectivity index (χ4n) is 2.22. The predicted octanol–water partition coefficient (Wildman–Crippen LogP) is 4.51. The summed E-state index contributed by atoms with van der Waals surface area (Å²) < 4.78 is 5.68. The van der Waals surface area contributed by atoms with Crippen LogP contribution in [0.1, 0.15) is 47.8 Å². The molecule has 2 rings (SSSR count). The lowest BCUT2D eigenvalue weighted by atomic mass is 10.2. The molecule has 6 heteroatoms. The van der Waals surface area contributed by atoms with Crippen LogP contribution in [0.2, 0.25) is 0 Å². The van der Waals surface area contributed by atoms with Gasteiger partial charge in [0, 0.05) is 10.4 Å². The highest BCUT2D eigenvalue weighted by Crippen LogP contribution is 2.13.